The molecule has 126 valence electrons. The Bertz CT molecular complexity index is 849. The van der Waals surface area contributed by atoms with Gasteiger partial charge in [-0.2, -0.15) is 0 Å². The van der Waals surface area contributed by atoms with Crippen LogP contribution in [0.25, 0.3) is 0 Å². The maximum Gasteiger partial charge on any atom is 0.250 e. The Balaban J connectivity index is 1.60. The minimum absolute atomic E-state index is 0.0925. The van der Waals surface area contributed by atoms with Crippen molar-refractivity contribution in [1.29, 1.82) is 0 Å². The molecule has 2 aromatic rings. The molecule has 0 unspecified atom stereocenters. The van der Waals surface area contributed by atoms with Crippen LogP contribution in [0.1, 0.15) is 23.6 Å². The summed E-state index contributed by atoms with van der Waals surface area (Å²) in [6.07, 6.45) is 1.11. The van der Waals surface area contributed by atoms with Gasteiger partial charge in [0.05, 0.1) is 5.02 Å². The van der Waals surface area contributed by atoms with Crippen molar-refractivity contribution in [3.63, 3.8) is 0 Å². The summed E-state index contributed by atoms with van der Waals surface area (Å²) in [5.41, 5.74) is 1.96. The van der Waals surface area contributed by atoms with Gasteiger partial charge in [-0.1, -0.05) is 29.3 Å². The molecular formula is C18H18Cl2N2O2. The van der Waals surface area contributed by atoms with Gasteiger partial charge < -0.3 is 9.67 Å². The number of rotatable bonds is 2. The molecule has 0 spiro atoms. The first-order valence-corrected chi connectivity index (χ1v) is 8.86. The molecule has 0 saturated carbocycles. The fraction of sp³-hybridized carbons (Fsp3) is 0.389. The Kier molecular flexibility index (Phi) is 4.07. The molecule has 3 heterocycles. The summed E-state index contributed by atoms with van der Waals surface area (Å²) >= 11 is 12.1. The molecule has 2 bridgehead atoms. The van der Waals surface area contributed by atoms with Crippen LogP contribution in [0.2, 0.25) is 10.0 Å². The van der Waals surface area contributed by atoms with Crippen molar-refractivity contribution in [2.24, 2.45) is 5.92 Å². The Hall–Kier alpha value is -1.49. The fourth-order valence-corrected chi connectivity index (χ4v) is 4.64. The van der Waals surface area contributed by atoms with E-state index in [1.807, 2.05) is 10.6 Å². The molecule has 1 aromatic heterocycles. The van der Waals surface area contributed by atoms with Crippen LogP contribution in [0.5, 0.6) is 5.75 Å². The average Bonchev–Trinajstić information content (AvgIpc) is 2.53. The summed E-state index contributed by atoms with van der Waals surface area (Å²) in [6, 6.07) is 8.85. The maximum absolute atomic E-state index is 12.1. The number of benzene rings is 1. The van der Waals surface area contributed by atoms with Gasteiger partial charge in [0.1, 0.15) is 5.75 Å². The van der Waals surface area contributed by atoms with Crippen LogP contribution < -0.4 is 5.56 Å². The van der Waals surface area contributed by atoms with E-state index in [0.717, 1.165) is 37.3 Å². The van der Waals surface area contributed by atoms with E-state index in [-0.39, 0.29) is 16.3 Å². The number of pyridine rings is 1. The van der Waals surface area contributed by atoms with Crippen molar-refractivity contribution in [3.8, 4) is 5.75 Å². The van der Waals surface area contributed by atoms with Crippen LogP contribution in [-0.4, -0.2) is 27.7 Å². The topological polar surface area (TPSA) is 45.5 Å². The third kappa shape index (κ3) is 2.83. The first-order valence-electron chi connectivity index (χ1n) is 8.10. The van der Waals surface area contributed by atoms with Gasteiger partial charge in [0.25, 0.3) is 5.56 Å². The van der Waals surface area contributed by atoms with E-state index in [4.69, 9.17) is 23.2 Å². The lowest BCUT2D eigenvalue weighted by atomic mass is 9.83. The van der Waals surface area contributed by atoms with Crippen LogP contribution in [-0.2, 0) is 13.1 Å². The molecule has 0 radical (unpaired) electrons. The lowest BCUT2D eigenvalue weighted by Crippen LogP contribution is -2.46. The van der Waals surface area contributed by atoms with E-state index in [0.29, 0.717) is 23.4 Å². The van der Waals surface area contributed by atoms with E-state index in [1.54, 1.807) is 18.2 Å². The lowest BCUT2D eigenvalue weighted by molar-refractivity contribution is 0.113. The molecule has 2 aliphatic rings. The van der Waals surface area contributed by atoms with Gasteiger partial charge in [-0.25, -0.2) is 0 Å². The number of hydrogen-bond donors (Lipinski definition) is 1. The highest BCUT2D eigenvalue weighted by Gasteiger charge is 2.34. The van der Waals surface area contributed by atoms with Crippen molar-refractivity contribution in [2.75, 3.05) is 13.1 Å². The number of phenolic OH excluding ortho intramolecular Hbond substituents is 1. The number of nitrogens with zero attached hydrogens (tertiary/aromatic N) is 2. The molecule has 6 heteroatoms. The molecule has 24 heavy (non-hydrogen) atoms. The van der Waals surface area contributed by atoms with Crippen LogP contribution in [0.15, 0.2) is 35.1 Å². The minimum atomic E-state index is 0.0925. The van der Waals surface area contributed by atoms with Crippen LogP contribution >= 0.6 is 23.2 Å². The zero-order chi connectivity index (χ0) is 16.8. The molecule has 0 amide bonds. The standard InChI is InChI=1S/C18H18Cl2N2O2/c19-14-5-13(18(24)15(20)6-14)10-21-7-11-4-12(9-21)16-2-1-3-17(23)22(16)8-11/h1-3,5-6,11-12,24H,4,7-10H2/t11-,12-/m0/s1. The summed E-state index contributed by atoms with van der Waals surface area (Å²) in [4.78, 5) is 14.4. The monoisotopic (exact) mass is 364 g/mol. The third-order valence-electron chi connectivity index (χ3n) is 5.06. The second kappa shape index (κ2) is 6.10. The summed E-state index contributed by atoms with van der Waals surface area (Å²) < 4.78 is 1.92. The number of aromatic hydroxyl groups is 1. The Labute approximate surface area is 150 Å². The molecule has 1 aromatic carbocycles. The van der Waals surface area contributed by atoms with Gasteiger partial charge in [0.2, 0.25) is 0 Å². The maximum atomic E-state index is 12.1. The molecule has 4 nitrogen and oxygen atoms in total. The van der Waals surface area contributed by atoms with Crippen molar-refractivity contribution in [2.45, 2.75) is 25.4 Å². The number of phenols is 1. The average molecular weight is 365 g/mol. The summed E-state index contributed by atoms with van der Waals surface area (Å²) in [6.45, 7) is 3.14. The first-order chi connectivity index (χ1) is 11.5. The van der Waals surface area contributed by atoms with Crippen LogP contribution in [0.3, 0.4) is 0 Å². The van der Waals surface area contributed by atoms with E-state index < -0.39 is 0 Å². The largest absolute Gasteiger partial charge is 0.506 e. The predicted molar refractivity (Wildman–Crippen MR) is 95.0 cm³/mol. The Morgan fingerprint density at radius 1 is 1.17 bits per heavy atom. The zero-order valence-electron chi connectivity index (χ0n) is 13.1. The predicted octanol–water partition coefficient (Wildman–Crippen LogP) is 3.48. The molecule has 1 fully saturated rings. The molecule has 2 aliphatic heterocycles. The molecule has 1 saturated heterocycles. The summed E-state index contributed by atoms with van der Waals surface area (Å²) in [7, 11) is 0. The molecule has 4 rings (SSSR count). The van der Waals surface area contributed by atoms with Crippen LogP contribution in [0.4, 0.5) is 0 Å². The first kappa shape index (κ1) is 16.0. The molecular weight excluding hydrogens is 347 g/mol. The zero-order valence-corrected chi connectivity index (χ0v) is 14.6. The Morgan fingerprint density at radius 3 is 2.83 bits per heavy atom. The molecule has 1 N–H and O–H groups in total. The van der Waals surface area contributed by atoms with Gasteiger partial charge >= 0.3 is 0 Å². The Morgan fingerprint density at radius 2 is 2.00 bits per heavy atom. The van der Waals surface area contributed by atoms with Gasteiger partial charge in [0, 0.05) is 54.4 Å². The highest BCUT2D eigenvalue weighted by Crippen LogP contribution is 2.37. The quantitative estimate of drug-likeness (QED) is 0.886. The highest BCUT2D eigenvalue weighted by molar-refractivity contribution is 6.35. The second-order valence-electron chi connectivity index (χ2n) is 6.79. The second-order valence-corrected chi connectivity index (χ2v) is 7.63. The minimum Gasteiger partial charge on any atom is -0.506 e. The van der Waals surface area contributed by atoms with Crippen molar-refractivity contribution >= 4 is 23.2 Å². The molecule has 0 aliphatic carbocycles. The highest BCUT2D eigenvalue weighted by atomic mass is 35.5. The smallest absolute Gasteiger partial charge is 0.250 e. The van der Waals surface area contributed by atoms with Gasteiger partial charge in [-0.05, 0) is 30.5 Å². The number of fused-ring (bicyclic) bond motifs is 4. The SMILES string of the molecule is O=c1cccc2n1C[C@H]1C[C@H]2CN(Cc2cc(Cl)cc(Cl)c2O)C1. The fourth-order valence-electron chi connectivity index (χ4n) is 4.11. The summed E-state index contributed by atoms with van der Waals surface area (Å²) in [5.74, 6) is 0.907. The van der Waals surface area contributed by atoms with E-state index in [2.05, 4.69) is 11.0 Å². The number of aromatic nitrogens is 1. The van der Waals surface area contributed by atoms with Crippen molar-refractivity contribution in [1.82, 2.24) is 9.47 Å². The van der Waals surface area contributed by atoms with Crippen LogP contribution in [0, 0.1) is 5.92 Å². The third-order valence-corrected chi connectivity index (χ3v) is 5.56. The van der Waals surface area contributed by atoms with E-state index in [9.17, 15) is 9.90 Å². The number of piperidine rings is 1. The van der Waals surface area contributed by atoms with Crippen molar-refractivity contribution < 1.29 is 5.11 Å². The normalized spacial score (nSPS) is 23.1. The number of halogens is 2. The number of likely N-dealkylation sites (tertiary alicyclic amines) is 1. The molecule has 2 atom stereocenters. The van der Waals surface area contributed by atoms with Crippen molar-refractivity contribution in [3.05, 3.63) is 62.0 Å². The van der Waals surface area contributed by atoms with E-state index >= 15 is 0 Å². The lowest BCUT2D eigenvalue weighted by Gasteiger charge is -2.42. The van der Waals surface area contributed by atoms with Gasteiger partial charge in [0.15, 0.2) is 0 Å². The van der Waals surface area contributed by atoms with Gasteiger partial charge in [-0.3, -0.25) is 9.69 Å². The summed E-state index contributed by atoms with van der Waals surface area (Å²) in [5, 5.41) is 11.0. The van der Waals surface area contributed by atoms with E-state index in [1.165, 1.54) is 0 Å². The number of hydrogen-bond acceptors (Lipinski definition) is 3. The van der Waals surface area contributed by atoms with Gasteiger partial charge in [-0.15, -0.1) is 0 Å².